The molecule has 0 aromatic heterocycles. The lowest BCUT2D eigenvalue weighted by atomic mass is 9.80. The van der Waals surface area contributed by atoms with E-state index >= 15 is 0 Å². The molecule has 25 heavy (non-hydrogen) atoms. The van der Waals surface area contributed by atoms with Crippen LogP contribution in [0.2, 0.25) is 0 Å². The fourth-order valence-corrected chi connectivity index (χ4v) is 2.63. The Kier molecular flexibility index (Phi) is 28.8. The van der Waals surface area contributed by atoms with Gasteiger partial charge in [-0.2, -0.15) is 0 Å². The highest BCUT2D eigenvalue weighted by atomic mass is 35.5. The molecular weight excluding hydrogens is 383 g/mol. The van der Waals surface area contributed by atoms with Crippen molar-refractivity contribution in [2.45, 2.75) is 25.7 Å². The summed E-state index contributed by atoms with van der Waals surface area (Å²) < 4.78 is 0. The zero-order valence-electron chi connectivity index (χ0n) is 13.9. The molecule has 0 radical (unpaired) electrons. The molecule has 14 heteroatoms. The van der Waals surface area contributed by atoms with E-state index in [-0.39, 0.29) is 31.5 Å². The Morgan fingerprint density at radius 3 is 1.12 bits per heavy atom. The van der Waals surface area contributed by atoms with Crippen LogP contribution in [0.1, 0.15) is 25.7 Å². The molecule has 0 saturated carbocycles. The summed E-state index contributed by atoms with van der Waals surface area (Å²) in [6.45, 7) is 5.28. The summed E-state index contributed by atoms with van der Waals surface area (Å²) in [6, 6.07) is 0. The van der Waals surface area contributed by atoms with E-state index in [0.717, 1.165) is 11.8 Å². The summed E-state index contributed by atoms with van der Waals surface area (Å²) in [4.78, 5) is 16.7. The van der Waals surface area contributed by atoms with Crippen LogP contribution in [0.5, 0.6) is 0 Å². The average Bonchev–Trinajstić information content (AvgIpc) is 2.49. The maximum atomic E-state index is 8.36. The van der Waals surface area contributed by atoms with Crippen molar-refractivity contribution in [1.82, 2.24) is 10.6 Å². The van der Waals surface area contributed by atoms with Gasteiger partial charge in [-0.15, -0.1) is 45.0 Å². The van der Waals surface area contributed by atoms with Crippen molar-refractivity contribution in [3.05, 3.63) is 20.2 Å². The number of piperidine rings is 2. The van der Waals surface area contributed by atoms with Crippen LogP contribution in [-0.4, -0.2) is 53.4 Å². The monoisotopic (exact) mass is 412 g/mol. The second kappa shape index (κ2) is 22.8. The number of nitrogens with two attached hydrogens (primary N) is 2. The molecule has 2 saturated heterocycles. The Hall–Kier alpha value is -1.18. The Labute approximate surface area is 158 Å². The number of nitrogens with one attached hydrogen (secondary N) is 2. The lowest BCUT2D eigenvalue weighted by Crippen LogP contribution is -2.37. The number of nitrogens with zero attached hydrogens (tertiary/aromatic N) is 2. The topological polar surface area (TPSA) is 203 Å². The quantitative estimate of drug-likeness (QED) is 0.193. The Morgan fingerprint density at radius 1 is 0.800 bits per heavy atom. The van der Waals surface area contributed by atoms with E-state index in [0.29, 0.717) is 0 Å². The van der Waals surface area contributed by atoms with Crippen molar-refractivity contribution < 1.29 is 20.6 Å². The molecule has 0 spiro atoms. The molecule has 0 unspecified atom stereocenters. The van der Waals surface area contributed by atoms with Crippen molar-refractivity contribution in [3.8, 4) is 0 Å². The molecule has 0 aliphatic carbocycles. The average molecular weight is 413 g/mol. The Bertz CT molecular complexity index is 271. The first kappa shape index (κ1) is 31.6. The molecule has 0 aromatic rings. The molecule has 0 bridgehead atoms. The van der Waals surface area contributed by atoms with Gasteiger partial charge in [-0.1, -0.05) is 0 Å². The second-order valence-electron chi connectivity index (χ2n) is 4.89. The molecular formula is C11H30Cl2N6O6. The molecule has 12 nitrogen and oxygen atoms in total. The van der Waals surface area contributed by atoms with E-state index in [2.05, 4.69) is 22.1 Å². The third kappa shape index (κ3) is 27.9. The maximum absolute atomic E-state index is 8.36. The second-order valence-corrected chi connectivity index (χ2v) is 4.89. The highest BCUT2D eigenvalue weighted by Crippen LogP contribution is 2.28. The molecule has 2 aliphatic heterocycles. The Morgan fingerprint density at radius 2 is 0.960 bits per heavy atom. The molecule has 0 atom stereocenters. The van der Waals surface area contributed by atoms with E-state index in [4.69, 9.17) is 30.6 Å². The summed E-state index contributed by atoms with van der Waals surface area (Å²) in [7, 11) is 0. The maximum Gasteiger partial charge on any atom is 0.291 e. The van der Waals surface area contributed by atoms with E-state index in [1.54, 1.807) is 0 Å². The predicted molar refractivity (Wildman–Crippen MR) is 96.5 cm³/mol. The van der Waals surface area contributed by atoms with Crippen LogP contribution in [-0.2, 0) is 0 Å². The van der Waals surface area contributed by atoms with Gasteiger partial charge in [-0.3, -0.25) is 0 Å². The van der Waals surface area contributed by atoms with Gasteiger partial charge >= 0.3 is 0 Å². The van der Waals surface area contributed by atoms with Gasteiger partial charge in [0.05, 0.1) is 0 Å². The van der Waals surface area contributed by atoms with Crippen LogP contribution in [0.15, 0.2) is 0 Å². The fourth-order valence-electron chi connectivity index (χ4n) is 2.63. The summed E-state index contributed by atoms with van der Waals surface area (Å²) in [5.41, 5.74) is 9.25. The van der Waals surface area contributed by atoms with Crippen molar-refractivity contribution in [3.63, 3.8) is 0 Å². The summed E-state index contributed by atoms with van der Waals surface area (Å²) in [5.74, 6) is 2.07. The van der Waals surface area contributed by atoms with Crippen LogP contribution in [0.4, 0.5) is 0 Å². The van der Waals surface area contributed by atoms with Crippen LogP contribution in [0, 0.1) is 32.1 Å². The lowest BCUT2D eigenvalue weighted by Gasteiger charge is -2.33. The molecule has 0 amide bonds. The zero-order valence-corrected chi connectivity index (χ0v) is 15.5. The summed E-state index contributed by atoms with van der Waals surface area (Å²) in [6.07, 6.45) is 5.69. The van der Waals surface area contributed by atoms with Gasteiger partial charge < -0.3 is 32.5 Å². The highest BCUT2D eigenvalue weighted by Gasteiger charge is 2.24. The molecule has 8 N–H and O–H groups in total. The minimum Gasteiger partial charge on any atom is -0.328 e. The van der Waals surface area contributed by atoms with Gasteiger partial charge in [-0.25, -0.2) is 0 Å². The molecule has 154 valence electrons. The molecule has 2 fully saturated rings. The smallest absolute Gasteiger partial charge is 0.291 e. The largest absolute Gasteiger partial charge is 0.328 e. The number of halogens is 2. The van der Waals surface area contributed by atoms with Gasteiger partial charge in [0, 0.05) is 6.67 Å². The summed E-state index contributed by atoms with van der Waals surface area (Å²) in [5, 5.41) is 34.2. The van der Waals surface area contributed by atoms with E-state index in [1.165, 1.54) is 51.9 Å². The lowest BCUT2D eigenvalue weighted by molar-refractivity contribution is -0.742. The normalized spacial score (nSPS) is 16.6. The minimum absolute atomic E-state index is 0. The van der Waals surface area contributed by atoms with Crippen molar-refractivity contribution in [2.24, 2.45) is 23.3 Å². The first-order valence-corrected chi connectivity index (χ1v) is 7.33. The molecule has 2 aliphatic rings. The minimum atomic E-state index is -1.50. The summed E-state index contributed by atoms with van der Waals surface area (Å²) >= 11 is 0. The van der Waals surface area contributed by atoms with E-state index in [1.807, 2.05) is 0 Å². The van der Waals surface area contributed by atoms with Crippen LogP contribution < -0.4 is 22.1 Å². The third-order valence-electron chi connectivity index (χ3n) is 3.43. The number of hydrogen-bond donors (Lipinski definition) is 6. The van der Waals surface area contributed by atoms with Crippen LogP contribution in [0.25, 0.3) is 0 Å². The number of rotatable bonds is 1. The zero-order chi connectivity index (χ0) is 18.1. The molecule has 0 aromatic carbocycles. The van der Waals surface area contributed by atoms with Gasteiger partial charge in [0.2, 0.25) is 0 Å². The van der Waals surface area contributed by atoms with Gasteiger partial charge in [-0.05, 0) is 63.7 Å². The standard InChI is InChI=1S/C10H20N2.CH6N2.2ClH.2HNO3/c1-5-11-6-2-9(1)10-3-7-12-8-4-10;2-1-3;;;2*2-1(3)4/h9-12H,1-8H2;1-3H2;2*1H;2*(H,2,3,4). The fraction of sp³-hybridized carbons (Fsp3) is 1.00. The van der Waals surface area contributed by atoms with E-state index in [9.17, 15) is 0 Å². The first-order valence-electron chi connectivity index (χ1n) is 7.33. The van der Waals surface area contributed by atoms with E-state index < -0.39 is 10.2 Å². The SMILES string of the molecule is C1CC(C2CCNCC2)CCN1.Cl.Cl.NCN.O=[N+]([O-])O.O=[N+]([O-])O. The van der Waals surface area contributed by atoms with Crippen LogP contribution >= 0.6 is 24.8 Å². The van der Waals surface area contributed by atoms with Crippen molar-refractivity contribution >= 4 is 24.8 Å². The Balaban J connectivity index is -0.000000145. The predicted octanol–water partition coefficient (Wildman–Crippen LogP) is -0.00490. The van der Waals surface area contributed by atoms with Gasteiger partial charge in [0.15, 0.2) is 0 Å². The first-order chi connectivity index (χ1) is 10.8. The molecule has 2 heterocycles. The highest BCUT2D eigenvalue weighted by molar-refractivity contribution is 5.85. The van der Waals surface area contributed by atoms with Crippen molar-refractivity contribution in [1.29, 1.82) is 0 Å². The van der Waals surface area contributed by atoms with Gasteiger partial charge in [0.25, 0.3) is 10.2 Å². The molecule has 2 rings (SSSR count). The third-order valence-corrected chi connectivity index (χ3v) is 3.43. The number of hydrogen-bond acceptors (Lipinski definition) is 8. The van der Waals surface area contributed by atoms with Crippen molar-refractivity contribution in [2.75, 3.05) is 32.8 Å². The van der Waals surface area contributed by atoms with Gasteiger partial charge in [0.1, 0.15) is 0 Å². The van der Waals surface area contributed by atoms with Crippen LogP contribution in [0.3, 0.4) is 0 Å².